The number of pyridine rings is 1. The van der Waals surface area contributed by atoms with Crippen molar-refractivity contribution in [2.45, 2.75) is 25.1 Å². The average molecular weight is 431 g/mol. The van der Waals surface area contributed by atoms with Crippen molar-refractivity contribution >= 4 is 27.8 Å². The van der Waals surface area contributed by atoms with E-state index in [1.807, 2.05) is 0 Å². The second-order valence-electron chi connectivity index (χ2n) is 5.49. The van der Waals surface area contributed by atoms with E-state index in [0.717, 1.165) is 12.1 Å². The van der Waals surface area contributed by atoms with Crippen LogP contribution >= 0.6 is 15.9 Å². The zero-order chi connectivity index (χ0) is 19.3. The summed E-state index contributed by atoms with van der Waals surface area (Å²) < 4.78 is 38.1. The van der Waals surface area contributed by atoms with E-state index in [1.54, 1.807) is 12.1 Å². The van der Waals surface area contributed by atoms with Gasteiger partial charge in [-0.1, -0.05) is 18.2 Å². The van der Waals surface area contributed by atoms with Crippen LogP contribution in [0.4, 0.5) is 13.2 Å². The summed E-state index contributed by atoms with van der Waals surface area (Å²) in [7, 11) is 0. The van der Waals surface area contributed by atoms with Gasteiger partial charge >= 0.3 is 12.1 Å². The Balaban J connectivity index is 2.02. The summed E-state index contributed by atoms with van der Waals surface area (Å²) in [5.74, 6) is -1.82. The maximum Gasteiger partial charge on any atom is 0.416 e. The number of amides is 1. The van der Waals surface area contributed by atoms with E-state index in [0.29, 0.717) is 15.7 Å². The highest BCUT2D eigenvalue weighted by Gasteiger charge is 2.30. The minimum Gasteiger partial charge on any atom is -0.480 e. The molecule has 5 nitrogen and oxygen atoms in total. The summed E-state index contributed by atoms with van der Waals surface area (Å²) in [6.07, 6.45) is -3.13. The first-order valence-electron chi connectivity index (χ1n) is 7.44. The number of carboxylic acid groups (broad SMARTS) is 1. The molecule has 1 amide bonds. The third-order valence-corrected chi connectivity index (χ3v) is 4.25. The minimum absolute atomic E-state index is 0.0164. The molecular weight excluding hydrogens is 417 g/mol. The predicted molar refractivity (Wildman–Crippen MR) is 90.4 cm³/mol. The van der Waals surface area contributed by atoms with Crippen LogP contribution in [-0.4, -0.2) is 28.0 Å². The van der Waals surface area contributed by atoms with Gasteiger partial charge in [0.05, 0.1) is 12.0 Å². The van der Waals surface area contributed by atoms with Gasteiger partial charge in [-0.3, -0.25) is 4.79 Å². The number of carbonyl (C=O) groups is 2. The molecule has 26 heavy (non-hydrogen) atoms. The van der Waals surface area contributed by atoms with Crippen molar-refractivity contribution < 1.29 is 27.9 Å². The van der Waals surface area contributed by atoms with Crippen molar-refractivity contribution in [3.63, 3.8) is 0 Å². The molecule has 138 valence electrons. The van der Waals surface area contributed by atoms with E-state index in [9.17, 15) is 27.9 Å². The first-order valence-corrected chi connectivity index (χ1v) is 8.24. The van der Waals surface area contributed by atoms with E-state index in [4.69, 9.17) is 0 Å². The quantitative estimate of drug-likeness (QED) is 0.689. The molecule has 0 bridgehead atoms. The smallest absolute Gasteiger partial charge is 0.416 e. The largest absolute Gasteiger partial charge is 0.480 e. The molecule has 1 aromatic heterocycles. The molecule has 0 unspecified atom stereocenters. The molecule has 9 heteroatoms. The number of hydrogen-bond acceptors (Lipinski definition) is 3. The van der Waals surface area contributed by atoms with Crippen molar-refractivity contribution in [2.24, 2.45) is 0 Å². The van der Waals surface area contributed by atoms with Crippen LogP contribution in [0.5, 0.6) is 0 Å². The van der Waals surface area contributed by atoms with Crippen LogP contribution in [0.15, 0.2) is 47.2 Å². The first kappa shape index (κ1) is 19.9. The van der Waals surface area contributed by atoms with Crippen molar-refractivity contribution in [3.8, 4) is 0 Å². The maximum atomic E-state index is 12.5. The molecular formula is C17H14BrF3N2O3. The lowest BCUT2D eigenvalue weighted by Crippen LogP contribution is -2.43. The summed E-state index contributed by atoms with van der Waals surface area (Å²) in [5, 5.41) is 11.7. The summed E-state index contributed by atoms with van der Waals surface area (Å²) in [5.41, 5.74) is 0.142. The van der Waals surface area contributed by atoms with Gasteiger partial charge in [0.15, 0.2) is 0 Å². The summed E-state index contributed by atoms with van der Waals surface area (Å²) >= 11 is 3.21. The molecule has 0 aliphatic rings. The molecule has 2 rings (SSSR count). The molecule has 2 aromatic rings. The molecule has 0 spiro atoms. The van der Waals surface area contributed by atoms with Crippen LogP contribution in [0.2, 0.25) is 0 Å². The molecule has 0 aliphatic carbocycles. The van der Waals surface area contributed by atoms with Gasteiger partial charge in [0.1, 0.15) is 10.6 Å². The van der Waals surface area contributed by atoms with Gasteiger partial charge < -0.3 is 10.4 Å². The Hall–Kier alpha value is -2.42. The van der Waals surface area contributed by atoms with E-state index < -0.39 is 29.7 Å². The number of hydrogen-bond donors (Lipinski definition) is 2. The lowest BCUT2D eigenvalue weighted by Gasteiger charge is -2.15. The Morgan fingerprint density at radius 2 is 1.85 bits per heavy atom. The topological polar surface area (TPSA) is 79.3 Å². The summed E-state index contributed by atoms with van der Waals surface area (Å²) in [6.45, 7) is 0. The van der Waals surface area contributed by atoms with Crippen molar-refractivity contribution in [1.29, 1.82) is 0 Å². The lowest BCUT2D eigenvalue weighted by atomic mass is 10.1. The first-order chi connectivity index (χ1) is 12.2. The SMILES string of the molecule is O=C(Cc1ccc(C(F)(F)F)cc1)N[C@H](Cc1cccnc1Br)C(=O)O. The van der Waals surface area contributed by atoms with Crippen molar-refractivity contribution in [3.05, 3.63) is 63.9 Å². The Kier molecular flexibility index (Phi) is 6.36. The molecule has 0 fully saturated rings. The highest BCUT2D eigenvalue weighted by Crippen LogP contribution is 2.29. The van der Waals surface area contributed by atoms with E-state index >= 15 is 0 Å². The number of carboxylic acids is 1. The Morgan fingerprint density at radius 3 is 2.38 bits per heavy atom. The minimum atomic E-state index is -4.45. The van der Waals surface area contributed by atoms with E-state index in [-0.39, 0.29) is 12.8 Å². The van der Waals surface area contributed by atoms with Gasteiger partial charge in [-0.15, -0.1) is 0 Å². The van der Waals surface area contributed by atoms with Crippen molar-refractivity contribution in [1.82, 2.24) is 10.3 Å². The van der Waals surface area contributed by atoms with Gasteiger partial charge in [-0.2, -0.15) is 13.2 Å². The number of rotatable bonds is 6. The lowest BCUT2D eigenvalue weighted by molar-refractivity contribution is -0.141. The molecule has 0 saturated carbocycles. The fourth-order valence-electron chi connectivity index (χ4n) is 2.23. The van der Waals surface area contributed by atoms with Crippen LogP contribution in [-0.2, 0) is 28.6 Å². The standard InChI is InChI=1S/C17H14BrF3N2O3/c18-15-11(2-1-7-22-15)9-13(16(25)26)23-14(24)8-10-3-5-12(6-4-10)17(19,20)21/h1-7,13H,8-9H2,(H,23,24)(H,25,26)/t13-/m1/s1. The zero-order valence-corrected chi connectivity index (χ0v) is 14.8. The number of nitrogens with one attached hydrogen (secondary N) is 1. The Bertz CT molecular complexity index is 795. The van der Waals surface area contributed by atoms with Crippen LogP contribution < -0.4 is 5.32 Å². The van der Waals surface area contributed by atoms with E-state index in [2.05, 4.69) is 26.2 Å². The number of alkyl halides is 3. The molecule has 0 aliphatic heterocycles. The van der Waals surface area contributed by atoms with Gasteiger partial charge in [-0.25, -0.2) is 9.78 Å². The Morgan fingerprint density at radius 1 is 1.19 bits per heavy atom. The third-order valence-electron chi connectivity index (χ3n) is 3.54. The highest BCUT2D eigenvalue weighted by atomic mass is 79.9. The van der Waals surface area contributed by atoms with Crippen LogP contribution in [0.25, 0.3) is 0 Å². The van der Waals surface area contributed by atoms with Crippen LogP contribution in [0, 0.1) is 0 Å². The summed E-state index contributed by atoms with van der Waals surface area (Å²) in [4.78, 5) is 27.4. The fourth-order valence-corrected chi connectivity index (χ4v) is 2.65. The number of aromatic nitrogens is 1. The second-order valence-corrected chi connectivity index (χ2v) is 6.24. The second kappa shape index (κ2) is 8.31. The number of carbonyl (C=O) groups excluding carboxylic acids is 1. The average Bonchev–Trinajstić information content (AvgIpc) is 2.55. The third kappa shape index (κ3) is 5.55. The van der Waals surface area contributed by atoms with Crippen LogP contribution in [0.1, 0.15) is 16.7 Å². The molecule has 0 saturated heterocycles. The van der Waals surface area contributed by atoms with Crippen LogP contribution in [0.3, 0.4) is 0 Å². The monoisotopic (exact) mass is 430 g/mol. The summed E-state index contributed by atoms with van der Waals surface area (Å²) in [6, 6.07) is 6.27. The number of nitrogens with zero attached hydrogens (tertiary/aromatic N) is 1. The molecule has 1 aromatic carbocycles. The normalized spacial score (nSPS) is 12.5. The van der Waals surface area contributed by atoms with Gasteiger partial charge in [0, 0.05) is 12.6 Å². The Labute approximate surface area is 155 Å². The molecule has 1 atom stereocenters. The van der Waals surface area contributed by atoms with Gasteiger partial charge in [0.2, 0.25) is 5.91 Å². The number of aliphatic carboxylic acids is 1. The van der Waals surface area contributed by atoms with Gasteiger partial charge in [0.25, 0.3) is 0 Å². The number of benzene rings is 1. The predicted octanol–water partition coefficient (Wildman–Crippen LogP) is 3.22. The fraction of sp³-hybridized carbons (Fsp3) is 0.235. The zero-order valence-electron chi connectivity index (χ0n) is 13.3. The molecule has 1 heterocycles. The molecule has 2 N–H and O–H groups in total. The van der Waals surface area contributed by atoms with Gasteiger partial charge in [-0.05, 0) is 45.3 Å². The highest BCUT2D eigenvalue weighted by molar-refractivity contribution is 9.10. The van der Waals surface area contributed by atoms with Crippen molar-refractivity contribution in [2.75, 3.05) is 0 Å². The number of halogens is 4. The van der Waals surface area contributed by atoms with E-state index in [1.165, 1.54) is 18.3 Å². The maximum absolute atomic E-state index is 12.5. The molecule has 0 radical (unpaired) electrons.